The largest absolute Gasteiger partial charge is 0.349 e. The van der Waals surface area contributed by atoms with Gasteiger partial charge < -0.3 is 11.1 Å². The number of rotatable bonds is 7. The number of nitrogens with two attached hydrogens (primary N) is 1. The van der Waals surface area contributed by atoms with Crippen molar-refractivity contribution in [3.05, 3.63) is 52.0 Å². The molecular weight excluding hydrogens is 365 g/mol. The van der Waals surface area contributed by atoms with Crippen molar-refractivity contribution in [1.82, 2.24) is 10.3 Å². The minimum absolute atomic E-state index is 0. The molecule has 1 aromatic carbocycles. The maximum absolute atomic E-state index is 12.2. The van der Waals surface area contributed by atoms with Gasteiger partial charge in [-0.15, -0.1) is 36.2 Å². The molecule has 0 spiro atoms. The third-order valence-electron chi connectivity index (χ3n) is 3.99. The normalized spacial score (nSPS) is 10.5. The molecule has 0 aliphatic carbocycles. The second-order valence-electron chi connectivity index (χ2n) is 5.54. The van der Waals surface area contributed by atoms with Gasteiger partial charge in [-0.3, -0.25) is 4.79 Å². The summed E-state index contributed by atoms with van der Waals surface area (Å²) in [6.07, 6.45) is 2.42. The van der Waals surface area contributed by atoms with E-state index in [9.17, 15) is 4.79 Å². The lowest BCUT2D eigenvalue weighted by atomic mass is 9.94. The van der Waals surface area contributed by atoms with Crippen molar-refractivity contribution in [3.8, 4) is 0 Å². The van der Waals surface area contributed by atoms with E-state index in [0.29, 0.717) is 12.2 Å². The summed E-state index contributed by atoms with van der Waals surface area (Å²) in [5.41, 5.74) is 7.54. The van der Waals surface area contributed by atoms with Gasteiger partial charge in [-0.2, -0.15) is 0 Å². The predicted octanol–water partition coefficient (Wildman–Crippen LogP) is 3.82. The number of nitrogens with one attached hydrogen (secondary N) is 1. The van der Waals surface area contributed by atoms with Crippen LogP contribution < -0.4 is 11.1 Å². The molecular formula is C17H25Cl2N3OS. The summed E-state index contributed by atoms with van der Waals surface area (Å²) in [4.78, 5) is 16.6. The van der Waals surface area contributed by atoms with Crippen LogP contribution in [0.25, 0.3) is 0 Å². The van der Waals surface area contributed by atoms with Crippen LogP contribution in [0.2, 0.25) is 0 Å². The van der Waals surface area contributed by atoms with Gasteiger partial charge in [0.15, 0.2) is 0 Å². The lowest BCUT2D eigenvalue weighted by Gasteiger charge is -2.26. The van der Waals surface area contributed by atoms with Gasteiger partial charge in [0.05, 0.1) is 5.01 Å². The van der Waals surface area contributed by atoms with Crippen LogP contribution in [0.5, 0.6) is 0 Å². The number of hydrogen-bond acceptors (Lipinski definition) is 4. The van der Waals surface area contributed by atoms with E-state index in [4.69, 9.17) is 5.73 Å². The van der Waals surface area contributed by atoms with Gasteiger partial charge in [0, 0.05) is 23.9 Å². The summed E-state index contributed by atoms with van der Waals surface area (Å²) >= 11 is 1.51. The molecule has 0 atom stereocenters. The Morgan fingerprint density at radius 3 is 2.42 bits per heavy atom. The van der Waals surface area contributed by atoms with Crippen molar-refractivity contribution in [2.75, 3.05) is 6.54 Å². The van der Waals surface area contributed by atoms with Crippen molar-refractivity contribution >= 4 is 42.1 Å². The van der Waals surface area contributed by atoms with E-state index < -0.39 is 0 Å². The highest BCUT2D eigenvalue weighted by Crippen LogP contribution is 2.15. The van der Waals surface area contributed by atoms with Crippen LogP contribution in [0.15, 0.2) is 35.7 Å². The Hall–Kier alpha value is -1.14. The number of halogens is 2. The fourth-order valence-corrected chi connectivity index (χ4v) is 2.92. The van der Waals surface area contributed by atoms with Crippen LogP contribution in [0.3, 0.4) is 0 Å². The molecule has 0 radical (unpaired) electrons. The third-order valence-corrected chi connectivity index (χ3v) is 4.84. The van der Waals surface area contributed by atoms with Gasteiger partial charge in [-0.25, -0.2) is 4.98 Å². The summed E-state index contributed by atoms with van der Waals surface area (Å²) in [7, 11) is 0. The summed E-state index contributed by atoms with van der Waals surface area (Å²) in [5.74, 6) is -0.146. The molecule has 7 heteroatoms. The first-order valence-electron chi connectivity index (χ1n) is 7.61. The van der Waals surface area contributed by atoms with E-state index in [-0.39, 0.29) is 36.3 Å². The molecule has 0 bridgehead atoms. The van der Waals surface area contributed by atoms with Crippen LogP contribution in [0, 0.1) is 0 Å². The number of aromatic nitrogens is 1. The SMILES string of the molecule is CCC(N)(CC)CNC(=O)c1csc(Cc2ccccc2)n1.Cl.Cl. The molecule has 0 fully saturated rings. The highest BCUT2D eigenvalue weighted by atomic mass is 35.5. The number of hydrogen-bond donors (Lipinski definition) is 2. The Bertz CT molecular complexity index is 615. The van der Waals surface area contributed by atoms with Gasteiger partial charge in [-0.1, -0.05) is 44.2 Å². The zero-order valence-electron chi connectivity index (χ0n) is 14.0. The van der Waals surface area contributed by atoms with Crippen LogP contribution >= 0.6 is 36.2 Å². The summed E-state index contributed by atoms with van der Waals surface area (Å²) in [5, 5.41) is 5.65. The van der Waals surface area contributed by atoms with Crippen molar-refractivity contribution in [3.63, 3.8) is 0 Å². The third kappa shape index (κ3) is 6.40. The van der Waals surface area contributed by atoms with Crippen LogP contribution in [-0.4, -0.2) is 23.0 Å². The molecule has 0 saturated heterocycles. The van der Waals surface area contributed by atoms with E-state index in [1.54, 1.807) is 0 Å². The quantitative estimate of drug-likeness (QED) is 0.755. The van der Waals surface area contributed by atoms with Crippen molar-refractivity contribution in [1.29, 1.82) is 0 Å². The van der Waals surface area contributed by atoms with Crippen molar-refractivity contribution in [2.45, 2.75) is 38.6 Å². The summed E-state index contributed by atoms with van der Waals surface area (Å²) in [6, 6.07) is 10.1. The summed E-state index contributed by atoms with van der Waals surface area (Å²) < 4.78 is 0. The Kier molecular flexibility index (Phi) is 10.2. The van der Waals surface area contributed by atoms with Gasteiger partial charge in [0.2, 0.25) is 0 Å². The highest BCUT2D eigenvalue weighted by Gasteiger charge is 2.21. The number of carbonyl (C=O) groups excluding carboxylic acids is 1. The number of thiazole rings is 1. The monoisotopic (exact) mass is 389 g/mol. The van der Waals surface area contributed by atoms with E-state index in [0.717, 1.165) is 24.3 Å². The van der Waals surface area contributed by atoms with E-state index in [1.165, 1.54) is 16.9 Å². The van der Waals surface area contributed by atoms with Crippen LogP contribution in [-0.2, 0) is 6.42 Å². The smallest absolute Gasteiger partial charge is 0.270 e. The Labute approximate surface area is 160 Å². The molecule has 134 valence electrons. The molecule has 1 amide bonds. The van der Waals surface area contributed by atoms with Gasteiger partial charge >= 0.3 is 0 Å². The topological polar surface area (TPSA) is 68.0 Å². The molecule has 24 heavy (non-hydrogen) atoms. The molecule has 0 unspecified atom stereocenters. The second-order valence-corrected chi connectivity index (χ2v) is 6.48. The average molecular weight is 390 g/mol. The van der Waals surface area contributed by atoms with E-state index in [1.807, 2.05) is 37.4 Å². The molecule has 0 aliphatic rings. The lowest BCUT2D eigenvalue weighted by molar-refractivity contribution is 0.0937. The lowest BCUT2D eigenvalue weighted by Crippen LogP contribution is -2.49. The zero-order valence-corrected chi connectivity index (χ0v) is 16.4. The molecule has 1 heterocycles. The first-order valence-corrected chi connectivity index (χ1v) is 8.49. The van der Waals surface area contributed by atoms with Crippen molar-refractivity contribution < 1.29 is 4.79 Å². The Morgan fingerprint density at radius 1 is 1.21 bits per heavy atom. The first-order chi connectivity index (χ1) is 10.6. The number of nitrogens with zero attached hydrogens (tertiary/aromatic N) is 1. The number of amides is 1. The van der Waals surface area contributed by atoms with Crippen LogP contribution in [0.1, 0.15) is 47.7 Å². The maximum atomic E-state index is 12.2. The van der Waals surface area contributed by atoms with Gasteiger partial charge in [0.25, 0.3) is 5.91 Å². The fourth-order valence-electron chi connectivity index (χ4n) is 2.11. The first kappa shape index (κ1) is 22.9. The second kappa shape index (κ2) is 10.7. The fraction of sp³-hybridized carbons (Fsp3) is 0.412. The summed E-state index contributed by atoms with van der Waals surface area (Å²) in [6.45, 7) is 4.55. The molecule has 0 saturated carbocycles. The standard InChI is InChI=1S/C17H23N3OS.2ClH/c1-3-17(18,4-2)12-19-16(21)14-11-22-15(20-14)10-13-8-6-5-7-9-13;;/h5-9,11H,3-4,10,12,18H2,1-2H3,(H,19,21);2*1H. The molecule has 2 aromatic rings. The zero-order chi connectivity index (χ0) is 16.0. The molecule has 1 aromatic heterocycles. The van der Waals surface area contributed by atoms with Gasteiger partial charge in [0.1, 0.15) is 5.69 Å². The Balaban J connectivity index is 0.00000264. The molecule has 4 nitrogen and oxygen atoms in total. The van der Waals surface area contributed by atoms with Gasteiger partial charge in [-0.05, 0) is 18.4 Å². The number of carbonyl (C=O) groups is 1. The maximum Gasteiger partial charge on any atom is 0.270 e. The Morgan fingerprint density at radius 2 is 1.83 bits per heavy atom. The van der Waals surface area contributed by atoms with E-state index >= 15 is 0 Å². The number of benzene rings is 1. The molecule has 0 aliphatic heterocycles. The minimum Gasteiger partial charge on any atom is -0.349 e. The van der Waals surface area contributed by atoms with Crippen LogP contribution in [0.4, 0.5) is 0 Å². The minimum atomic E-state index is -0.335. The molecule has 3 N–H and O–H groups in total. The average Bonchev–Trinajstić information content (AvgIpc) is 3.02. The molecule has 2 rings (SSSR count). The predicted molar refractivity (Wildman–Crippen MR) is 106 cm³/mol. The highest BCUT2D eigenvalue weighted by molar-refractivity contribution is 7.09. The van der Waals surface area contributed by atoms with E-state index in [2.05, 4.69) is 22.4 Å². The van der Waals surface area contributed by atoms with Crippen molar-refractivity contribution in [2.24, 2.45) is 5.73 Å².